The lowest BCUT2D eigenvalue weighted by molar-refractivity contribution is 0.0791. The second-order valence-electron chi connectivity index (χ2n) is 6.38. The summed E-state index contributed by atoms with van der Waals surface area (Å²) in [5.41, 5.74) is 3.34. The van der Waals surface area contributed by atoms with Gasteiger partial charge in [-0.25, -0.2) is 0 Å². The van der Waals surface area contributed by atoms with E-state index < -0.39 is 0 Å². The number of benzene rings is 2. The van der Waals surface area contributed by atoms with Crippen LogP contribution in [-0.4, -0.2) is 36.3 Å². The standard InChI is InChI=1S/C20H20N2O2/c23-19(15-7-2-1-3-8-15)22-14-11-16-17(9-6-10-18(16)22)20(24)21-12-4-5-13-21/h1-3,6-10H,4-5,11-14H2. The molecule has 0 aromatic heterocycles. The number of likely N-dealkylation sites (tertiary alicyclic amines) is 1. The van der Waals surface area contributed by atoms with Crippen molar-refractivity contribution in [3.05, 3.63) is 65.2 Å². The van der Waals surface area contributed by atoms with Crippen molar-refractivity contribution in [2.24, 2.45) is 0 Å². The third-order valence-electron chi connectivity index (χ3n) is 4.92. The fourth-order valence-electron chi connectivity index (χ4n) is 3.67. The summed E-state index contributed by atoms with van der Waals surface area (Å²) in [5.74, 6) is 0.110. The van der Waals surface area contributed by atoms with Crippen molar-refractivity contribution in [3.63, 3.8) is 0 Å². The SMILES string of the molecule is O=C(c1cccc2c1CCN2C(=O)c1ccccc1)N1CCCC1. The Morgan fingerprint density at radius 2 is 1.54 bits per heavy atom. The van der Waals surface area contributed by atoms with E-state index in [1.54, 1.807) is 4.90 Å². The smallest absolute Gasteiger partial charge is 0.258 e. The molecule has 1 fully saturated rings. The van der Waals surface area contributed by atoms with Gasteiger partial charge in [0.1, 0.15) is 0 Å². The predicted octanol–water partition coefficient (Wildman–Crippen LogP) is 3.13. The van der Waals surface area contributed by atoms with Crippen LogP contribution in [0.15, 0.2) is 48.5 Å². The third kappa shape index (κ3) is 2.48. The number of fused-ring (bicyclic) bond motifs is 1. The van der Waals surface area contributed by atoms with E-state index in [-0.39, 0.29) is 11.8 Å². The highest BCUT2D eigenvalue weighted by Crippen LogP contribution is 2.33. The molecule has 122 valence electrons. The third-order valence-corrected chi connectivity index (χ3v) is 4.92. The molecule has 2 amide bonds. The topological polar surface area (TPSA) is 40.6 Å². The predicted molar refractivity (Wildman–Crippen MR) is 93.4 cm³/mol. The van der Waals surface area contributed by atoms with Crippen LogP contribution in [0.2, 0.25) is 0 Å². The minimum atomic E-state index is 0.000112. The number of carbonyl (C=O) groups is 2. The highest BCUT2D eigenvalue weighted by atomic mass is 16.2. The number of nitrogens with zero attached hydrogens (tertiary/aromatic N) is 2. The molecule has 4 rings (SSSR count). The first-order valence-corrected chi connectivity index (χ1v) is 8.54. The monoisotopic (exact) mass is 320 g/mol. The first-order chi connectivity index (χ1) is 11.8. The number of rotatable bonds is 2. The quantitative estimate of drug-likeness (QED) is 0.853. The maximum Gasteiger partial charge on any atom is 0.258 e. The maximum atomic E-state index is 12.8. The Balaban J connectivity index is 1.66. The molecule has 0 unspecified atom stereocenters. The Hall–Kier alpha value is -2.62. The summed E-state index contributed by atoms with van der Waals surface area (Å²) >= 11 is 0. The fraction of sp³-hybridized carbons (Fsp3) is 0.300. The van der Waals surface area contributed by atoms with E-state index in [0.717, 1.165) is 49.2 Å². The Bertz CT molecular complexity index is 779. The lowest BCUT2D eigenvalue weighted by Crippen LogP contribution is -2.29. The number of carbonyl (C=O) groups excluding carboxylic acids is 2. The van der Waals surface area contributed by atoms with Gasteiger partial charge in [-0.2, -0.15) is 0 Å². The lowest BCUT2D eigenvalue weighted by Gasteiger charge is -2.19. The molecule has 2 aromatic rings. The highest BCUT2D eigenvalue weighted by Gasteiger charge is 2.30. The molecule has 0 saturated carbocycles. The van der Waals surface area contributed by atoms with Gasteiger partial charge in [-0.3, -0.25) is 9.59 Å². The molecule has 0 bridgehead atoms. The van der Waals surface area contributed by atoms with Crippen LogP contribution in [0.3, 0.4) is 0 Å². The van der Waals surface area contributed by atoms with Gasteiger partial charge in [0.2, 0.25) is 0 Å². The molecule has 2 heterocycles. The second-order valence-corrected chi connectivity index (χ2v) is 6.38. The zero-order valence-corrected chi connectivity index (χ0v) is 13.6. The van der Waals surface area contributed by atoms with E-state index in [1.165, 1.54) is 0 Å². The van der Waals surface area contributed by atoms with Gasteiger partial charge in [-0.15, -0.1) is 0 Å². The van der Waals surface area contributed by atoms with Crippen molar-refractivity contribution in [1.29, 1.82) is 0 Å². The van der Waals surface area contributed by atoms with Gasteiger partial charge in [-0.05, 0) is 49.1 Å². The summed E-state index contributed by atoms with van der Waals surface area (Å²) in [6.45, 7) is 2.32. The molecule has 0 aliphatic carbocycles. The van der Waals surface area contributed by atoms with Crippen LogP contribution in [-0.2, 0) is 6.42 Å². The molecule has 2 aliphatic heterocycles. The lowest BCUT2D eigenvalue weighted by atomic mass is 10.0. The van der Waals surface area contributed by atoms with E-state index in [4.69, 9.17) is 0 Å². The van der Waals surface area contributed by atoms with Crippen LogP contribution in [0.5, 0.6) is 0 Å². The van der Waals surface area contributed by atoms with Crippen molar-refractivity contribution in [2.75, 3.05) is 24.5 Å². The first-order valence-electron chi connectivity index (χ1n) is 8.54. The molecule has 2 aromatic carbocycles. The van der Waals surface area contributed by atoms with Crippen molar-refractivity contribution in [2.45, 2.75) is 19.3 Å². The molecular weight excluding hydrogens is 300 g/mol. The van der Waals surface area contributed by atoms with Crippen molar-refractivity contribution in [1.82, 2.24) is 4.90 Å². The van der Waals surface area contributed by atoms with E-state index in [2.05, 4.69) is 0 Å². The Labute approximate surface area is 141 Å². The highest BCUT2D eigenvalue weighted by molar-refractivity contribution is 6.08. The normalized spacial score (nSPS) is 16.3. The minimum absolute atomic E-state index is 0.000112. The first kappa shape index (κ1) is 14.9. The molecule has 0 radical (unpaired) electrons. The van der Waals surface area contributed by atoms with Crippen LogP contribution < -0.4 is 4.90 Å². The van der Waals surface area contributed by atoms with Gasteiger partial charge in [0.05, 0.1) is 0 Å². The Morgan fingerprint density at radius 3 is 2.29 bits per heavy atom. The van der Waals surface area contributed by atoms with E-state index in [1.807, 2.05) is 53.4 Å². The largest absolute Gasteiger partial charge is 0.339 e. The van der Waals surface area contributed by atoms with Crippen LogP contribution in [0.25, 0.3) is 0 Å². The molecular formula is C20H20N2O2. The van der Waals surface area contributed by atoms with Gasteiger partial charge < -0.3 is 9.80 Å². The summed E-state index contributed by atoms with van der Waals surface area (Å²) in [4.78, 5) is 29.3. The van der Waals surface area contributed by atoms with Crippen molar-refractivity contribution in [3.8, 4) is 0 Å². The maximum absolute atomic E-state index is 12.8. The minimum Gasteiger partial charge on any atom is -0.339 e. The van der Waals surface area contributed by atoms with Crippen LogP contribution in [0.4, 0.5) is 5.69 Å². The van der Waals surface area contributed by atoms with E-state index in [9.17, 15) is 9.59 Å². The fourth-order valence-corrected chi connectivity index (χ4v) is 3.67. The summed E-state index contributed by atoms with van der Waals surface area (Å²) in [6, 6.07) is 15.0. The van der Waals surface area contributed by atoms with Gasteiger partial charge in [0, 0.05) is 36.4 Å². The molecule has 4 heteroatoms. The zero-order valence-electron chi connectivity index (χ0n) is 13.6. The molecule has 1 saturated heterocycles. The molecule has 24 heavy (non-hydrogen) atoms. The molecule has 2 aliphatic rings. The Kier molecular flexibility index (Phi) is 3.81. The van der Waals surface area contributed by atoms with Gasteiger partial charge in [-0.1, -0.05) is 24.3 Å². The van der Waals surface area contributed by atoms with E-state index >= 15 is 0 Å². The molecule has 0 N–H and O–H groups in total. The second kappa shape index (κ2) is 6.11. The number of hydrogen-bond acceptors (Lipinski definition) is 2. The van der Waals surface area contributed by atoms with Crippen LogP contribution >= 0.6 is 0 Å². The molecule has 4 nitrogen and oxygen atoms in total. The average molecular weight is 320 g/mol. The summed E-state index contributed by atoms with van der Waals surface area (Å²) in [7, 11) is 0. The molecule has 0 spiro atoms. The number of amides is 2. The van der Waals surface area contributed by atoms with Gasteiger partial charge in [0.15, 0.2) is 0 Å². The van der Waals surface area contributed by atoms with Crippen molar-refractivity contribution >= 4 is 17.5 Å². The number of hydrogen-bond donors (Lipinski definition) is 0. The molecule has 0 atom stereocenters. The average Bonchev–Trinajstić information content (AvgIpc) is 3.30. The van der Waals surface area contributed by atoms with Gasteiger partial charge >= 0.3 is 0 Å². The zero-order chi connectivity index (χ0) is 16.5. The summed E-state index contributed by atoms with van der Waals surface area (Å²) < 4.78 is 0. The van der Waals surface area contributed by atoms with Crippen molar-refractivity contribution < 1.29 is 9.59 Å². The Morgan fingerprint density at radius 1 is 0.792 bits per heavy atom. The number of anilines is 1. The summed E-state index contributed by atoms with van der Waals surface area (Å²) in [5, 5.41) is 0. The van der Waals surface area contributed by atoms with Crippen LogP contribution in [0, 0.1) is 0 Å². The van der Waals surface area contributed by atoms with E-state index in [0.29, 0.717) is 12.1 Å². The summed E-state index contributed by atoms with van der Waals surface area (Å²) in [6.07, 6.45) is 2.91. The van der Waals surface area contributed by atoms with Crippen LogP contribution in [0.1, 0.15) is 39.1 Å². The van der Waals surface area contributed by atoms with Gasteiger partial charge in [0.25, 0.3) is 11.8 Å².